The molecule has 0 saturated carbocycles. The topological polar surface area (TPSA) is 74.3 Å². The van der Waals surface area contributed by atoms with Crippen LogP contribution in [0.1, 0.15) is 36.0 Å². The van der Waals surface area contributed by atoms with Crippen molar-refractivity contribution in [2.75, 3.05) is 34.3 Å². The molecule has 1 N–H and O–H groups in total. The summed E-state index contributed by atoms with van der Waals surface area (Å²) in [5, 5.41) is 7.45. The van der Waals surface area contributed by atoms with E-state index in [0.717, 1.165) is 55.3 Å². The molecule has 1 fully saturated rings. The smallest absolute Gasteiger partial charge is 0.319 e. The maximum atomic E-state index is 12.0. The lowest BCUT2D eigenvalue weighted by Gasteiger charge is -2.32. The van der Waals surface area contributed by atoms with Crippen LogP contribution in [0.5, 0.6) is 5.75 Å². The van der Waals surface area contributed by atoms with Gasteiger partial charge in [-0.25, -0.2) is 9.78 Å². The first-order valence-electron chi connectivity index (χ1n) is 8.57. The molecule has 1 aliphatic rings. The number of piperidine rings is 1. The van der Waals surface area contributed by atoms with Crippen molar-refractivity contribution >= 4 is 6.03 Å². The second-order valence-electron chi connectivity index (χ2n) is 6.60. The number of methoxy groups -OCH3 is 1. The Labute approximate surface area is 148 Å². The predicted molar refractivity (Wildman–Crippen MR) is 94.8 cm³/mol. The molecule has 7 heteroatoms. The van der Waals surface area contributed by atoms with Crippen LogP contribution in [0.15, 0.2) is 24.3 Å². The summed E-state index contributed by atoms with van der Waals surface area (Å²) < 4.78 is 5.18. The van der Waals surface area contributed by atoms with E-state index in [-0.39, 0.29) is 6.03 Å². The number of hydrogen-bond donors (Lipinski definition) is 1. The van der Waals surface area contributed by atoms with Gasteiger partial charge in [-0.05, 0) is 30.5 Å². The van der Waals surface area contributed by atoms with E-state index >= 15 is 0 Å². The Bertz CT molecular complexity index is 703. The molecule has 1 aromatic carbocycles. The van der Waals surface area contributed by atoms with E-state index in [4.69, 9.17) is 4.74 Å². The third-order valence-corrected chi connectivity index (χ3v) is 4.59. The quantitative estimate of drug-likeness (QED) is 0.924. The number of carbonyl (C=O) groups is 1. The molecule has 134 valence electrons. The molecule has 0 atom stereocenters. The standard InChI is InChI=1S/C18H25N5O2/c1-22(2)18(24)23-10-8-14(9-11-23)17-19-16(20-21-17)12-13-4-6-15(25-3)7-5-13/h4-7,14H,8-12H2,1-3H3,(H,19,20,21). The molecule has 0 aliphatic carbocycles. The Hall–Kier alpha value is -2.57. The Morgan fingerprint density at radius 2 is 1.96 bits per heavy atom. The minimum atomic E-state index is 0.0774. The first-order chi connectivity index (χ1) is 12.1. The Morgan fingerprint density at radius 3 is 2.56 bits per heavy atom. The van der Waals surface area contributed by atoms with Gasteiger partial charge in [0.15, 0.2) is 5.82 Å². The van der Waals surface area contributed by atoms with Gasteiger partial charge in [0.25, 0.3) is 0 Å². The van der Waals surface area contributed by atoms with E-state index in [2.05, 4.69) is 15.2 Å². The highest BCUT2D eigenvalue weighted by Crippen LogP contribution is 2.26. The van der Waals surface area contributed by atoms with Crippen LogP contribution in [0.3, 0.4) is 0 Å². The van der Waals surface area contributed by atoms with E-state index < -0.39 is 0 Å². The van der Waals surface area contributed by atoms with Crippen molar-refractivity contribution in [2.24, 2.45) is 0 Å². The van der Waals surface area contributed by atoms with Crippen LogP contribution in [0.4, 0.5) is 4.79 Å². The van der Waals surface area contributed by atoms with Crippen molar-refractivity contribution in [3.8, 4) is 5.75 Å². The van der Waals surface area contributed by atoms with Crippen molar-refractivity contribution in [3.63, 3.8) is 0 Å². The van der Waals surface area contributed by atoms with Gasteiger partial charge in [0.1, 0.15) is 11.6 Å². The van der Waals surface area contributed by atoms with Gasteiger partial charge in [-0.2, -0.15) is 5.10 Å². The zero-order valence-electron chi connectivity index (χ0n) is 15.0. The summed E-state index contributed by atoms with van der Waals surface area (Å²) in [4.78, 5) is 20.2. The second-order valence-corrected chi connectivity index (χ2v) is 6.60. The molecule has 0 spiro atoms. The number of H-pyrrole nitrogens is 1. The number of aromatic amines is 1. The average molecular weight is 343 g/mol. The molecule has 25 heavy (non-hydrogen) atoms. The van der Waals surface area contributed by atoms with Crippen LogP contribution in [-0.2, 0) is 6.42 Å². The molecule has 2 heterocycles. The lowest BCUT2D eigenvalue weighted by Crippen LogP contribution is -2.43. The monoisotopic (exact) mass is 343 g/mol. The summed E-state index contributed by atoms with van der Waals surface area (Å²) in [6.45, 7) is 1.51. The lowest BCUT2D eigenvalue weighted by atomic mass is 9.96. The summed E-state index contributed by atoms with van der Waals surface area (Å²) in [5.74, 6) is 2.89. The van der Waals surface area contributed by atoms with Gasteiger partial charge in [-0.15, -0.1) is 0 Å². The average Bonchev–Trinajstić information content (AvgIpc) is 3.10. The van der Waals surface area contributed by atoms with E-state index in [1.807, 2.05) is 29.2 Å². The number of nitrogens with zero attached hydrogens (tertiary/aromatic N) is 4. The van der Waals surface area contributed by atoms with Crippen LogP contribution < -0.4 is 4.74 Å². The lowest BCUT2D eigenvalue weighted by molar-refractivity contribution is 0.155. The zero-order chi connectivity index (χ0) is 17.8. The van der Waals surface area contributed by atoms with Gasteiger partial charge in [0.05, 0.1) is 7.11 Å². The van der Waals surface area contributed by atoms with Gasteiger partial charge in [-0.3, -0.25) is 5.10 Å². The van der Waals surface area contributed by atoms with Crippen LogP contribution in [0, 0.1) is 0 Å². The Balaban J connectivity index is 1.57. The van der Waals surface area contributed by atoms with Gasteiger partial charge in [0, 0.05) is 39.5 Å². The second kappa shape index (κ2) is 7.55. The summed E-state index contributed by atoms with van der Waals surface area (Å²) in [5.41, 5.74) is 1.16. The largest absolute Gasteiger partial charge is 0.497 e. The van der Waals surface area contributed by atoms with Crippen molar-refractivity contribution < 1.29 is 9.53 Å². The number of benzene rings is 1. The molecule has 0 radical (unpaired) electrons. The number of amides is 2. The molecule has 0 bridgehead atoms. The van der Waals surface area contributed by atoms with E-state index in [9.17, 15) is 4.79 Å². The van der Waals surface area contributed by atoms with Crippen molar-refractivity contribution in [1.82, 2.24) is 25.0 Å². The third-order valence-electron chi connectivity index (χ3n) is 4.59. The van der Waals surface area contributed by atoms with Gasteiger partial charge in [0.2, 0.25) is 0 Å². The molecule has 1 aromatic heterocycles. The number of rotatable bonds is 4. The molecular formula is C18H25N5O2. The molecule has 1 saturated heterocycles. The fourth-order valence-corrected chi connectivity index (χ4v) is 3.12. The number of ether oxygens (including phenoxy) is 1. The van der Waals surface area contributed by atoms with Crippen molar-refractivity contribution in [2.45, 2.75) is 25.2 Å². The maximum absolute atomic E-state index is 12.0. The number of urea groups is 1. The molecule has 0 unspecified atom stereocenters. The summed E-state index contributed by atoms with van der Waals surface area (Å²) in [6, 6.07) is 8.04. The van der Waals surface area contributed by atoms with E-state index in [0.29, 0.717) is 5.92 Å². The molecule has 1 aliphatic heterocycles. The van der Waals surface area contributed by atoms with Gasteiger partial charge >= 0.3 is 6.03 Å². The fourth-order valence-electron chi connectivity index (χ4n) is 3.12. The highest BCUT2D eigenvalue weighted by molar-refractivity contribution is 5.73. The fraction of sp³-hybridized carbons (Fsp3) is 0.500. The summed E-state index contributed by atoms with van der Waals surface area (Å²) in [7, 11) is 5.24. The molecule has 7 nitrogen and oxygen atoms in total. The minimum absolute atomic E-state index is 0.0774. The highest BCUT2D eigenvalue weighted by Gasteiger charge is 2.26. The number of likely N-dealkylation sites (tertiary alicyclic amines) is 1. The number of nitrogens with one attached hydrogen (secondary N) is 1. The predicted octanol–water partition coefficient (Wildman–Crippen LogP) is 2.27. The first kappa shape index (κ1) is 17.3. The Kier molecular flexibility index (Phi) is 5.21. The van der Waals surface area contributed by atoms with E-state index in [1.54, 1.807) is 26.1 Å². The third kappa shape index (κ3) is 4.10. The maximum Gasteiger partial charge on any atom is 0.319 e. The SMILES string of the molecule is COc1ccc(Cc2nc(C3CCN(C(=O)N(C)C)CC3)n[nH]2)cc1. The van der Waals surface area contributed by atoms with Crippen LogP contribution >= 0.6 is 0 Å². The number of aromatic nitrogens is 3. The normalized spacial score (nSPS) is 15.2. The van der Waals surface area contributed by atoms with E-state index in [1.165, 1.54) is 0 Å². The molecule has 2 amide bonds. The first-order valence-corrected chi connectivity index (χ1v) is 8.57. The Morgan fingerprint density at radius 1 is 1.28 bits per heavy atom. The molecule has 2 aromatic rings. The van der Waals surface area contributed by atoms with Crippen molar-refractivity contribution in [3.05, 3.63) is 41.5 Å². The minimum Gasteiger partial charge on any atom is -0.497 e. The number of hydrogen-bond acceptors (Lipinski definition) is 4. The van der Waals surface area contributed by atoms with Gasteiger partial charge < -0.3 is 14.5 Å². The summed E-state index contributed by atoms with van der Waals surface area (Å²) in [6.07, 6.45) is 2.52. The van der Waals surface area contributed by atoms with Crippen LogP contribution in [0.2, 0.25) is 0 Å². The molecular weight excluding hydrogens is 318 g/mol. The van der Waals surface area contributed by atoms with Crippen LogP contribution in [-0.4, -0.2) is 65.3 Å². The number of carbonyl (C=O) groups excluding carboxylic acids is 1. The highest BCUT2D eigenvalue weighted by atomic mass is 16.5. The summed E-state index contributed by atoms with van der Waals surface area (Å²) >= 11 is 0. The molecule has 3 rings (SSSR count). The van der Waals surface area contributed by atoms with Gasteiger partial charge in [-0.1, -0.05) is 12.1 Å². The van der Waals surface area contributed by atoms with Crippen molar-refractivity contribution in [1.29, 1.82) is 0 Å². The van der Waals surface area contributed by atoms with Crippen LogP contribution in [0.25, 0.3) is 0 Å². The zero-order valence-corrected chi connectivity index (χ0v) is 15.0.